The molecule has 0 aliphatic heterocycles. The summed E-state index contributed by atoms with van der Waals surface area (Å²) in [5, 5.41) is 12.4. The van der Waals surface area contributed by atoms with Crippen molar-refractivity contribution in [3.8, 4) is 11.4 Å². The van der Waals surface area contributed by atoms with Gasteiger partial charge in [0.15, 0.2) is 5.82 Å². The monoisotopic (exact) mass is 284 g/mol. The van der Waals surface area contributed by atoms with Crippen molar-refractivity contribution in [1.82, 2.24) is 20.1 Å². The van der Waals surface area contributed by atoms with Gasteiger partial charge in [-0.05, 0) is 18.3 Å². The van der Waals surface area contributed by atoms with Crippen molar-refractivity contribution in [2.75, 3.05) is 0 Å². The predicted molar refractivity (Wildman–Crippen MR) is 84.7 cm³/mol. The molecule has 0 bridgehead atoms. The molecule has 21 heavy (non-hydrogen) atoms. The van der Waals surface area contributed by atoms with Gasteiger partial charge in [0.25, 0.3) is 0 Å². The van der Waals surface area contributed by atoms with Crippen molar-refractivity contribution < 1.29 is 0 Å². The first-order chi connectivity index (χ1) is 10.1. The second-order valence-electron chi connectivity index (χ2n) is 6.68. The van der Waals surface area contributed by atoms with Gasteiger partial charge in [0.1, 0.15) is 5.82 Å². The summed E-state index contributed by atoms with van der Waals surface area (Å²) in [5.41, 5.74) is 1.50. The number of nitrogens with one attached hydrogen (secondary N) is 1. The van der Waals surface area contributed by atoms with E-state index in [-0.39, 0.29) is 0 Å². The maximum absolute atomic E-state index is 4.35. The molecule has 1 fully saturated rings. The summed E-state index contributed by atoms with van der Waals surface area (Å²) in [7, 11) is 2.04. The summed E-state index contributed by atoms with van der Waals surface area (Å²) >= 11 is 0. The largest absolute Gasteiger partial charge is 0.313 e. The van der Waals surface area contributed by atoms with Gasteiger partial charge in [-0.1, -0.05) is 50.6 Å². The zero-order valence-corrected chi connectivity index (χ0v) is 13.1. The van der Waals surface area contributed by atoms with Crippen molar-refractivity contribution in [1.29, 1.82) is 0 Å². The first-order valence-electron chi connectivity index (χ1n) is 7.75. The Morgan fingerprint density at radius 1 is 1.24 bits per heavy atom. The van der Waals surface area contributed by atoms with E-state index in [2.05, 4.69) is 46.1 Å². The average molecular weight is 284 g/mol. The molecule has 1 aliphatic carbocycles. The van der Waals surface area contributed by atoms with Crippen LogP contribution in [0.4, 0.5) is 0 Å². The van der Waals surface area contributed by atoms with Gasteiger partial charge in [-0.3, -0.25) is 0 Å². The van der Waals surface area contributed by atoms with Crippen molar-refractivity contribution in [2.45, 2.75) is 45.7 Å². The van der Waals surface area contributed by atoms with E-state index in [9.17, 15) is 0 Å². The molecule has 1 aliphatic rings. The molecule has 1 N–H and O–H groups in total. The van der Waals surface area contributed by atoms with Gasteiger partial charge in [0, 0.05) is 18.7 Å². The molecule has 0 radical (unpaired) electrons. The van der Waals surface area contributed by atoms with E-state index >= 15 is 0 Å². The van der Waals surface area contributed by atoms with Crippen LogP contribution in [0.15, 0.2) is 30.3 Å². The van der Waals surface area contributed by atoms with Gasteiger partial charge in [-0.2, -0.15) is 0 Å². The fourth-order valence-electron chi connectivity index (χ4n) is 3.27. The van der Waals surface area contributed by atoms with Crippen molar-refractivity contribution in [2.24, 2.45) is 12.5 Å². The third-order valence-corrected chi connectivity index (χ3v) is 4.76. The normalized spacial score (nSPS) is 20.8. The quantitative estimate of drug-likeness (QED) is 0.938. The van der Waals surface area contributed by atoms with Gasteiger partial charge in [0.2, 0.25) is 0 Å². The van der Waals surface area contributed by atoms with E-state index in [1.807, 2.05) is 25.2 Å². The Hall–Kier alpha value is -1.68. The van der Waals surface area contributed by atoms with Crippen LogP contribution in [0.5, 0.6) is 0 Å². The topological polar surface area (TPSA) is 42.7 Å². The molecular weight excluding hydrogens is 260 g/mol. The molecule has 0 amide bonds. The number of rotatable bonds is 4. The maximum Gasteiger partial charge on any atom is 0.163 e. The Bertz CT molecular complexity index is 601. The van der Waals surface area contributed by atoms with Crippen LogP contribution >= 0.6 is 0 Å². The minimum Gasteiger partial charge on any atom is -0.313 e. The summed E-state index contributed by atoms with van der Waals surface area (Å²) in [6, 6.07) is 10.8. The first-order valence-corrected chi connectivity index (χ1v) is 7.75. The number of aromatic nitrogens is 3. The summed E-state index contributed by atoms with van der Waals surface area (Å²) in [4.78, 5) is 0. The van der Waals surface area contributed by atoms with Gasteiger partial charge in [0.05, 0.1) is 6.54 Å². The fraction of sp³-hybridized carbons (Fsp3) is 0.529. The molecule has 1 heterocycles. The van der Waals surface area contributed by atoms with Gasteiger partial charge in [-0.15, -0.1) is 10.2 Å². The smallest absolute Gasteiger partial charge is 0.163 e. The molecular formula is C17H24N4. The summed E-state index contributed by atoms with van der Waals surface area (Å²) in [6.07, 6.45) is 3.88. The SMILES string of the molecule is Cn1c(CN[C@@H]2CCCC2(C)C)nnc1-c1ccccc1. The lowest BCUT2D eigenvalue weighted by atomic mass is 9.87. The highest BCUT2D eigenvalue weighted by molar-refractivity contribution is 5.54. The second kappa shape index (κ2) is 5.60. The zero-order valence-electron chi connectivity index (χ0n) is 13.1. The minimum atomic E-state index is 0.390. The lowest BCUT2D eigenvalue weighted by Gasteiger charge is -2.27. The molecule has 112 valence electrons. The lowest BCUT2D eigenvalue weighted by Crippen LogP contribution is -2.37. The molecule has 1 saturated carbocycles. The van der Waals surface area contributed by atoms with Crippen LogP contribution < -0.4 is 5.32 Å². The van der Waals surface area contributed by atoms with E-state index in [0.717, 1.165) is 23.8 Å². The van der Waals surface area contributed by atoms with Crippen LogP contribution in [0, 0.1) is 5.41 Å². The summed E-state index contributed by atoms with van der Waals surface area (Å²) in [5.74, 6) is 1.93. The Morgan fingerprint density at radius 3 is 2.67 bits per heavy atom. The van der Waals surface area contributed by atoms with Crippen molar-refractivity contribution in [3.63, 3.8) is 0 Å². The summed E-state index contributed by atoms with van der Waals surface area (Å²) < 4.78 is 2.09. The van der Waals surface area contributed by atoms with Gasteiger partial charge >= 0.3 is 0 Å². The molecule has 4 heteroatoms. The van der Waals surface area contributed by atoms with Crippen LogP contribution in [0.2, 0.25) is 0 Å². The second-order valence-corrected chi connectivity index (χ2v) is 6.68. The van der Waals surface area contributed by atoms with Gasteiger partial charge < -0.3 is 9.88 Å². The zero-order chi connectivity index (χ0) is 14.9. The molecule has 0 saturated heterocycles. The molecule has 4 nitrogen and oxygen atoms in total. The van der Waals surface area contributed by atoms with E-state index in [1.54, 1.807) is 0 Å². The van der Waals surface area contributed by atoms with Gasteiger partial charge in [-0.25, -0.2) is 0 Å². The maximum atomic E-state index is 4.35. The Labute approximate surface area is 126 Å². The van der Waals surface area contributed by atoms with E-state index < -0.39 is 0 Å². The van der Waals surface area contributed by atoms with Crippen molar-refractivity contribution >= 4 is 0 Å². The Kier molecular flexibility index (Phi) is 3.81. The van der Waals surface area contributed by atoms with Crippen LogP contribution in [0.1, 0.15) is 38.9 Å². The molecule has 2 aromatic rings. The van der Waals surface area contributed by atoms with Crippen LogP contribution in [0.25, 0.3) is 11.4 Å². The molecule has 1 aromatic carbocycles. The molecule has 0 unspecified atom stereocenters. The minimum absolute atomic E-state index is 0.390. The predicted octanol–water partition coefficient (Wildman–Crippen LogP) is 3.15. The Morgan fingerprint density at radius 2 is 2.00 bits per heavy atom. The lowest BCUT2D eigenvalue weighted by molar-refractivity contribution is 0.280. The number of benzene rings is 1. The molecule has 3 rings (SSSR count). The number of hydrogen-bond donors (Lipinski definition) is 1. The number of nitrogens with zero attached hydrogens (tertiary/aromatic N) is 3. The van der Waals surface area contributed by atoms with Crippen LogP contribution in [-0.2, 0) is 13.6 Å². The third-order valence-electron chi connectivity index (χ3n) is 4.76. The standard InChI is InChI=1S/C17H24N4/c1-17(2)11-7-10-14(17)18-12-15-19-20-16(21(15)3)13-8-5-4-6-9-13/h4-6,8-9,14,18H,7,10-12H2,1-3H3/t14-/m1/s1. The average Bonchev–Trinajstić information content (AvgIpc) is 3.00. The highest BCUT2D eigenvalue weighted by Crippen LogP contribution is 2.37. The highest BCUT2D eigenvalue weighted by atomic mass is 15.3. The molecule has 1 aromatic heterocycles. The fourth-order valence-corrected chi connectivity index (χ4v) is 3.27. The summed E-state index contributed by atoms with van der Waals surface area (Å²) in [6.45, 7) is 5.48. The van der Waals surface area contributed by atoms with E-state index in [1.165, 1.54) is 19.3 Å². The molecule has 1 atom stereocenters. The van der Waals surface area contributed by atoms with E-state index in [4.69, 9.17) is 0 Å². The Balaban J connectivity index is 1.72. The van der Waals surface area contributed by atoms with Crippen LogP contribution in [-0.4, -0.2) is 20.8 Å². The van der Waals surface area contributed by atoms with E-state index in [0.29, 0.717) is 11.5 Å². The molecule has 0 spiro atoms. The third kappa shape index (κ3) is 2.86. The number of hydrogen-bond acceptors (Lipinski definition) is 3. The van der Waals surface area contributed by atoms with Crippen molar-refractivity contribution in [3.05, 3.63) is 36.2 Å². The van der Waals surface area contributed by atoms with Crippen LogP contribution in [0.3, 0.4) is 0 Å². The first kappa shape index (κ1) is 14.3. The highest BCUT2D eigenvalue weighted by Gasteiger charge is 2.34.